The van der Waals surface area contributed by atoms with Crippen molar-refractivity contribution in [2.45, 2.75) is 93.9 Å². The minimum absolute atomic E-state index is 0.102. The number of nitrogens with zero attached hydrogens (tertiary/aromatic N) is 1. The van der Waals surface area contributed by atoms with Gasteiger partial charge in [0.1, 0.15) is 29.3 Å². The molecule has 5 rings (SSSR count). The Bertz CT molecular complexity index is 1520. The van der Waals surface area contributed by atoms with Crippen LogP contribution in [-0.2, 0) is 38.6 Å². The minimum atomic E-state index is -3.90. The number of alkyl carbamates (subject to hydrolysis) is 1. The molecule has 4 amide bonds. The molecule has 3 N–H and O–H groups in total. The van der Waals surface area contributed by atoms with E-state index in [2.05, 4.69) is 15.4 Å². The SMILES string of the molecule is CC(C)(C)OC(=O)NC1COCCC/C=C/C2CC2(C(=O)NS(=O)(=O)C2CC2)NC(=O)C2CC(OC(=O)c3ccccc3)CN2C1=O. The Morgan fingerprint density at radius 1 is 1.11 bits per heavy atom. The number of sulfonamides is 1. The number of ether oxygens (including phenoxy) is 3. The van der Waals surface area contributed by atoms with Crippen LogP contribution in [0.25, 0.3) is 0 Å². The Hall–Kier alpha value is -3.98. The fourth-order valence-corrected chi connectivity index (χ4v) is 7.09. The van der Waals surface area contributed by atoms with Gasteiger partial charge in [-0.05, 0) is 65.0 Å². The van der Waals surface area contributed by atoms with E-state index >= 15 is 0 Å². The summed E-state index contributed by atoms with van der Waals surface area (Å²) in [6, 6.07) is 5.77. The van der Waals surface area contributed by atoms with E-state index in [1.165, 1.54) is 4.90 Å². The van der Waals surface area contributed by atoms with Gasteiger partial charge in [0.2, 0.25) is 21.8 Å². The number of esters is 1. The fraction of sp³-hybridized carbons (Fsp3) is 0.594. The van der Waals surface area contributed by atoms with Crippen molar-refractivity contribution in [3.63, 3.8) is 0 Å². The third-order valence-electron chi connectivity index (χ3n) is 8.40. The van der Waals surface area contributed by atoms with Gasteiger partial charge in [-0.15, -0.1) is 0 Å². The summed E-state index contributed by atoms with van der Waals surface area (Å²) in [5.41, 5.74) is -2.12. The Balaban J connectivity index is 1.42. The standard InChI is InChI=1S/C32H42N4O10S/c1-31(2,3)46-30(41)33-24-19-44-15-9-5-8-12-21-17-32(21,29(40)35-47(42,43)23-13-14-23)34-26(37)25-16-22(18-36(25)27(24)38)45-28(39)20-10-6-4-7-11-20/h4,6-8,10-12,21-25H,5,9,13-19H2,1-3H3,(H,33,41)(H,34,37)(H,35,40)/b12-8+. The van der Waals surface area contributed by atoms with E-state index in [0.29, 0.717) is 25.7 Å². The first-order chi connectivity index (χ1) is 22.2. The summed E-state index contributed by atoms with van der Waals surface area (Å²) in [5.74, 6) is -3.37. The number of rotatable bonds is 6. The number of fused-ring (bicyclic) bond motifs is 2. The summed E-state index contributed by atoms with van der Waals surface area (Å²) in [5, 5.41) is 4.66. The molecule has 5 atom stereocenters. The lowest BCUT2D eigenvalue weighted by Crippen LogP contribution is -2.59. The van der Waals surface area contributed by atoms with Crippen LogP contribution < -0.4 is 15.4 Å². The highest BCUT2D eigenvalue weighted by Crippen LogP contribution is 2.46. The van der Waals surface area contributed by atoms with Gasteiger partial charge in [0.05, 0.1) is 24.0 Å². The van der Waals surface area contributed by atoms with Crippen molar-refractivity contribution in [1.29, 1.82) is 0 Å². The number of carbonyl (C=O) groups excluding carboxylic acids is 5. The van der Waals surface area contributed by atoms with Gasteiger partial charge in [-0.2, -0.15) is 0 Å². The molecular formula is C32H42N4O10S. The van der Waals surface area contributed by atoms with E-state index in [-0.39, 0.29) is 38.2 Å². The molecule has 2 aliphatic heterocycles. The molecule has 1 saturated heterocycles. The maximum absolute atomic E-state index is 14.1. The molecule has 0 radical (unpaired) electrons. The lowest BCUT2D eigenvalue weighted by molar-refractivity contribution is -0.142. The van der Waals surface area contributed by atoms with Crippen LogP contribution in [0.5, 0.6) is 0 Å². The molecular weight excluding hydrogens is 632 g/mol. The molecule has 2 aliphatic carbocycles. The minimum Gasteiger partial charge on any atom is -0.457 e. The zero-order valence-electron chi connectivity index (χ0n) is 26.7. The summed E-state index contributed by atoms with van der Waals surface area (Å²) in [4.78, 5) is 68.4. The summed E-state index contributed by atoms with van der Waals surface area (Å²) in [6.07, 6.45) is 3.93. The maximum Gasteiger partial charge on any atom is 0.408 e. The lowest BCUT2D eigenvalue weighted by Gasteiger charge is -2.30. The maximum atomic E-state index is 14.1. The van der Waals surface area contributed by atoms with E-state index in [1.54, 1.807) is 57.2 Å². The monoisotopic (exact) mass is 674 g/mol. The van der Waals surface area contributed by atoms with Crippen molar-refractivity contribution in [3.05, 3.63) is 48.0 Å². The third kappa shape index (κ3) is 8.49. The van der Waals surface area contributed by atoms with Crippen LogP contribution in [0.1, 0.15) is 69.7 Å². The molecule has 3 fully saturated rings. The predicted molar refractivity (Wildman–Crippen MR) is 167 cm³/mol. The molecule has 5 unspecified atom stereocenters. The number of hydrogen-bond acceptors (Lipinski definition) is 10. The van der Waals surface area contributed by atoms with Gasteiger partial charge in [0.15, 0.2) is 0 Å². The first kappa shape index (κ1) is 34.4. The smallest absolute Gasteiger partial charge is 0.408 e. The molecule has 15 heteroatoms. The van der Waals surface area contributed by atoms with Crippen molar-refractivity contribution in [1.82, 2.24) is 20.3 Å². The lowest BCUT2D eigenvalue weighted by atomic mass is 10.1. The Morgan fingerprint density at radius 3 is 2.51 bits per heavy atom. The molecule has 47 heavy (non-hydrogen) atoms. The van der Waals surface area contributed by atoms with E-state index in [9.17, 15) is 32.4 Å². The van der Waals surface area contributed by atoms with Crippen molar-refractivity contribution in [2.75, 3.05) is 19.8 Å². The topological polar surface area (TPSA) is 187 Å². The van der Waals surface area contributed by atoms with Gasteiger partial charge in [-0.3, -0.25) is 19.1 Å². The van der Waals surface area contributed by atoms with E-state index < -0.39 is 80.3 Å². The van der Waals surface area contributed by atoms with Crippen LogP contribution in [0, 0.1) is 5.92 Å². The van der Waals surface area contributed by atoms with Crippen LogP contribution in [0.2, 0.25) is 0 Å². The molecule has 0 aromatic heterocycles. The largest absolute Gasteiger partial charge is 0.457 e. The zero-order valence-corrected chi connectivity index (χ0v) is 27.5. The summed E-state index contributed by atoms with van der Waals surface area (Å²) < 4.78 is 44.3. The van der Waals surface area contributed by atoms with Gasteiger partial charge in [-0.1, -0.05) is 30.4 Å². The number of nitrogens with one attached hydrogen (secondary N) is 3. The number of carbonyl (C=O) groups is 5. The van der Waals surface area contributed by atoms with Crippen molar-refractivity contribution in [3.8, 4) is 0 Å². The second-order valence-corrected chi connectivity index (χ2v) is 15.4. The molecule has 256 valence electrons. The highest BCUT2D eigenvalue weighted by molar-refractivity contribution is 7.91. The highest BCUT2D eigenvalue weighted by Gasteiger charge is 2.62. The average Bonchev–Trinajstić information content (AvgIpc) is 3.92. The molecule has 0 spiro atoms. The molecule has 2 heterocycles. The molecule has 14 nitrogen and oxygen atoms in total. The van der Waals surface area contributed by atoms with Crippen LogP contribution in [0.3, 0.4) is 0 Å². The first-order valence-corrected chi connectivity index (χ1v) is 17.4. The van der Waals surface area contributed by atoms with Gasteiger partial charge >= 0.3 is 12.1 Å². The second-order valence-electron chi connectivity index (χ2n) is 13.4. The number of benzene rings is 1. The van der Waals surface area contributed by atoms with Crippen LogP contribution in [0.15, 0.2) is 42.5 Å². The molecule has 1 aromatic carbocycles. The number of allylic oxidation sites excluding steroid dienone is 1. The summed E-state index contributed by atoms with van der Waals surface area (Å²) in [7, 11) is -3.90. The number of hydrogen-bond donors (Lipinski definition) is 3. The Labute approximate surface area is 274 Å². The van der Waals surface area contributed by atoms with Gasteiger partial charge in [0, 0.05) is 18.9 Å². The zero-order chi connectivity index (χ0) is 34.0. The summed E-state index contributed by atoms with van der Waals surface area (Å²) >= 11 is 0. The molecule has 2 saturated carbocycles. The van der Waals surface area contributed by atoms with Crippen molar-refractivity contribution in [2.24, 2.45) is 5.92 Å². The third-order valence-corrected chi connectivity index (χ3v) is 10.2. The molecule has 0 bridgehead atoms. The van der Waals surface area contributed by atoms with Crippen LogP contribution >= 0.6 is 0 Å². The summed E-state index contributed by atoms with van der Waals surface area (Å²) in [6.45, 7) is 4.88. The van der Waals surface area contributed by atoms with E-state index in [4.69, 9.17) is 14.2 Å². The normalized spacial score (nSPS) is 29.1. The van der Waals surface area contributed by atoms with Crippen LogP contribution in [-0.4, -0.2) is 97.4 Å². The van der Waals surface area contributed by atoms with Crippen molar-refractivity contribution < 1.29 is 46.6 Å². The van der Waals surface area contributed by atoms with Gasteiger partial charge < -0.3 is 29.7 Å². The highest BCUT2D eigenvalue weighted by atomic mass is 32.2. The Kier molecular flexibility index (Phi) is 9.96. The number of amides is 4. The fourth-order valence-electron chi connectivity index (χ4n) is 5.73. The molecule has 4 aliphatic rings. The van der Waals surface area contributed by atoms with Crippen LogP contribution in [0.4, 0.5) is 4.79 Å². The predicted octanol–water partition coefficient (Wildman–Crippen LogP) is 1.56. The Morgan fingerprint density at radius 2 is 1.83 bits per heavy atom. The average molecular weight is 675 g/mol. The van der Waals surface area contributed by atoms with E-state index in [1.807, 2.05) is 6.08 Å². The second kappa shape index (κ2) is 13.6. The quantitative estimate of drug-likeness (QED) is 0.295. The van der Waals surface area contributed by atoms with Gasteiger partial charge in [-0.25, -0.2) is 18.0 Å². The molecule has 1 aromatic rings. The first-order valence-electron chi connectivity index (χ1n) is 15.9. The van der Waals surface area contributed by atoms with E-state index in [0.717, 1.165) is 0 Å². The van der Waals surface area contributed by atoms with Gasteiger partial charge in [0.25, 0.3) is 5.91 Å². The van der Waals surface area contributed by atoms with Crippen molar-refractivity contribution >= 4 is 39.8 Å².